The van der Waals surface area contributed by atoms with Crippen LogP contribution in [0.5, 0.6) is 5.75 Å². The second kappa shape index (κ2) is 12.7. The van der Waals surface area contributed by atoms with E-state index in [1.807, 2.05) is 18.2 Å². The molecule has 1 aliphatic rings. The van der Waals surface area contributed by atoms with E-state index in [2.05, 4.69) is 73.8 Å². The molecule has 3 aromatic rings. The van der Waals surface area contributed by atoms with Crippen molar-refractivity contribution in [3.05, 3.63) is 101 Å². The van der Waals surface area contributed by atoms with Crippen LogP contribution in [0.15, 0.2) is 72.8 Å². The Balaban J connectivity index is 1.22. The first-order valence-corrected chi connectivity index (χ1v) is 12.4. The summed E-state index contributed by atoms with van der Waals surface area (Å²) in [7, 11) is 0. The summed E-state index contributed by atoms with van der Waals surface area (Å²) < 4.78 is 18.1. The molecule has 0 radical (unpaired) electrons. The first-order valence-electron chi connectivity index (χ1n) is 12.4. The normalized spacial score (nSPS) is 18.1. The first-order chi connectivity index (χ1) is 16.7. The summed E-state index contributed by atoms with van der Waals surface area (Å²) in [6.45, 7) is 8.85. The van der Waals surface area contributed by atoms with Crippen molar-refractivity contribution in [1.29, 1.82) is 0 Å². The lowest BCUT2D eigenvalue weighted by Crippen LogP contribution is -2.40. The lowest BCUT2D eigenvalue weighted by molar-refractivity contribution is 0.0106. The van der Waals surface area contributed by atoms with Crippen molar-refractivity contribution in [2.45, 2.75) is 51.9 Å². The maximum Gasteiger partial charge on any atom is 0.119 e. The molecule has 1 aliphatic heterocycles. The molecule has 4 heteroatoms. The minimum Gasteiger partial charge on any atom is -0.494 e. The highest BCUT2D eigenvalue weighted by Crippen LogP contribution is 2.30. The van der Waals surface area contributed by atoms with E-state index in [4.69, 9.17) is 14.2 Å². The molecule has 180 valence electrons. The van der Waals surface area contributed by atoms with Gasteiger partial charge in [-0.3, -0.25) is 0 Å². The van der Waals surface area contributed by atoms with Crippen LogP contribution in [-0.2, 0) is 22.7 Å². The van der Waals surface area contributed by atoms with Crippen LogP contribution in [0.1, 0.15) is 46.6 Å². The Morgan fingerprint density at radius 3 is 2.35 bits per heavy atom. The van der Waals surface area contributed by atoms with E-state index >= 15 is 0 Å². The molecule has 0 aromatic heterocycles. The monoisotopic (exact) mass is 459 g/mol. The van der Waals surface area contributed by atoms with E-state index in [1.165, 1.54) is 27.8 Å². The molecule has 1 heterocycles. The van der Waals surface area contributed by atoms with Gasteiger partial charge in [-0.1, -0.05) is 71.8 Å². The third-order valence-electron chi connectivity index (χ3n) is 6.29. The molecule has 2 atom stereocenters. The molecule has 0 aliphatic carbocycles. The van der Waals surface area contributed by atoms with Crippen LogP contribution < -0.4 is 10.1 Å². The summed E-state index contributed by atoms with van der Waals surface area (Å²) in [6.07, 6.45) is 2.12. The van der Waals surface area contributed by atoms with E-state index in [0.717, 1.165) is 31.7 Å². The molecule has 3 aromatic carbocycles. The summed E-state index contributed by atoms with van der Waals surface area (Å²) in [5, 5.41) is 3.50. The average Bonchev–Trinajstić information content (AvgIpc) is 2.85. The molecule has 0 bridgehead atoms. The zero-order valence-electron chi connectivity index (χ0n) is 20.5. The zero-order chi connectivity index (χ0) is 23.6. The Morgan fingerprint density at radius 1 is 0.824 bits per heavy atom. The van der Waals surface area contributed by atoms with E-state index in [0.29, 0.717) is 32.3 Å². The SMILES string of the molecule is Cc1cc(C)cc(COC2CNCCC2c2ccc(OCCCOCc3ccccc3)cc2)c1. The van der Waals surface area contributed by atoms with Gasteiger partial charge in [-0.15, -0.1) is 0 Å². The highest BCUT2D eigenvalue weighted by molar-refractivity contribution is 5.31. The summed E-state index contributed by atoms with van der Waals surface area (Å²) in [5.41, 5.74) is 6.35. The van der Waals surface area contributed by atoms with Crippen LogP contribution in [-0.4, -0.2) is 32.4 Å². The Hall–Kier alpha value is -2.66. The average molecular weight is 460 g/mol. The maximum atomic E-state index is 6.40. The Morgan fingerprint density at radius 2 is 1.59 bits per heavy atom. The van der Waals surface area contributed by atoms with Gasteiger partial charge in [0.2, 0.25) is 0 Å². The van der Waals surface area contributed by atoms with Crippen LogP contribution in [0.2, 0.25) is 0 Å². The number of hydrogen-bond donors (Lipinski definition) is 1. The number of aryl methyl sites for hydroxylation is 2. The van der Waals surface area contributed by atoms with Gasteiger partial charge in [0.1, 0.15) is 5.75 Å². The standard InChI is InChI=1S/C30H37NO3/c1-23-17-24(2)19-26(18-23)22-34-30-20-31-14-13-29(30)27-9-11-28(12-10-27)33-16-6-15-32-21-25-7-4-3-5-8-25/h3-5,7-12,17-19,29-31H,6,13-16,20-22H2,1-2H3. The molecule has 2 unspecified atom stereocenters. The van der Waals surface area contributed by atoms with E-state index < -0.39 is 0 Å². The summed E-state index contributed by atoms with van der Waals surface area (Å²) in [6, 6.07) is 25.5. The van der Waals surface area contributed by atoms with Crippen LogP contribution >= 0.6 is 0 Å². The summed E-state index contributed by atoms with van der Waals surface area (Å²) >= 11 is 0. The molecule has 34 heavy (non-hydrogen) atoms. The fraction of sp³-hybridized carbons (Fsp3) is 0.400. The summed E-state index contributed by atoms with van der Waals surface area (Å²) in [5.74, 6) is 1.31. The molecule has 0 spiro atoms. The fourth-order valence-electron chi connectivity index (χ4n) is 4.67. The van der Waals surface area contributed by atoms with Crippen molar-refractivity contribution in [3.63, 3.8) is 0 Å². The molecule has 4 nitrogen and oxygen atoms in total. The number of ether oxygens (including phenoxy) is 3. The molecule has 0 amide bonds. The highest BCUT2D eigenvalue weighted by Gasteiger charge is 2.27. The third-order valence-corrected chi connectivity index (χ3v) is 6.29. The van der Waals surface area contributed by atoms with Crippen molar-refractivity contribution in [2.75, 3.05) is 26.3 Å². The van der Waals surface area contributed by atoms with Crippen LogP contribution in [0.4, 0.5) is 0 Å². The fourth-order valence-corrected chi connectivity index (χ4v) is 4.67. The highest BCUT2D eigenvalue weighted by atomic mass is 16.5. The van der Waals surface area contributed by atoms with Gasteiger partial charge in [0.05, 0.1) is 32.5 Å². The van der Waals surface area contributed by atoms with Gasteiger partial charge in [-0.2, -0.15) is 0 Å². The largest absolute Gasteiger partial charge is 0.494 e. The second-order valence-electron chi connectivity index (χ2n) is 9.25. The zero-order valence-corrected chi connectivity index (χ0v) is 20.5. The topological polar surface area (TPSA) is 39.7 Å². The van der Waals surface area contributed by atoms with Gasteiger partial charge < -0.3 is 19.5 Å². The third kappa shape index (κ3) is 7.42. The minimum absolute atomic E-state index is 0.170. The number of nitrogens with one attached hydrogen (secondary N) is 1. The van der Waals surface area contributed by atoms with E-state index in [-0.39, 0.29) is 6.10 Å². The molecule has 1 N–H and O–H groups in total. The Bertz CT molecular complexity index is 983. The van der Waals surface area contributed by atoms with E-state index in [1.54, 1.807) is 0 Å². The molecular weight excluding hydrogens is 422 g/mol. The smallest absolute Gasteiger partial charge is 0.119 e. The number of rotatable bonds is 11. The number of piperidine rings is 1. The Labute approximate surface area is 204 Å². The van der Waals surface area contributed by atoms with Gasteiger partial charge in [-0.25, -0.2) is 0 Å². The Kier molecular flexibility index (Phi) is 9.14. The van der Waals surface area contributed by atoms with Gasteiger partial charge in [0.25, 0.3) is 0 Å². The first kappa shape index (κ1) is 24.5. The van der Waals surface area contributed by atoms with Crippen molar-refractivity contribution in [1.82, 2.24) is 5.32 Å². The van der Waals surface area contributed by atoms with Crippen molar-refractivity contribution >= 4 is 0 Å². The maximum absolute atomic E-state index is 6.40. The lowest BCUT2D eigenvalue weighted by atomic mass is 9.87. The van der Waals surface area contributed by atoms with Crippen molar-refractivity contribution < 1.29 is 14.2 Å². The van der Waals surface area contributed by atoms with Crippen molar-refractivity contribution in [2.24, 2.45) is 0 Å². The van der Waals surface area contributed by atoms with Crippen LogP contribution in [0, 0.1) is 13.8 Å². The van der Waals surface area contributed by atoms with Gasteiger partial charge >= 0.3 is 0 Å². The van der Waals surface area contributed by atoms with Gasteiger partial charge in [-0.05, 0) is 55.6 Å². The van der Waals surface area contributed by atoms with Gasteiger partial charge in [0, 0.05) is 18.9 Å². The predicted molar refractivity (Wildman–Crippen MR) is 137 cm³/mol. The quantitative estimate of drug-likeness (QED) is 0.360. The van der Waals surface area contributed by atoms with Crippen molar-refractivity contribution in [3.8, 4) is 5.75 Å². The number of benzene rings is 3. The minimum atomic E-state index is 0.170. The molecular formula is C30H37NO3. The predicted octanol–water partition coefficient (Wildman–Crippen LogP) is 5.95. The number of hydrogen-bond acceptors (Lipinski definition) is 4. The van der Waals surface area contributed by atoms with E-state index in [9.17, 15) is 0 Å². The van der Waals surface area contributed by atoms with Gasteiger partial charge in [0.15, 0.2) is 0 Å². The molecule has 0 saturated carbocycles. The second-order valence-corrected chi connectivity index (χ2v) is 9.25. The van der Waals surface area contributed by atoms with Crippen LogP contribution in [0.3, 0.4) is 0 Å². The molecule has 1 saturated heterocycles. The molecule has 4 rings (SSSR count). The lowest BCUT2D eigenvalue weighted by Gasteiger charge is -2.32. The van der Waals surface area contributed by atoms with Crippen LogP contribution in [0.25, 0.3) is 0 Å². The molecule has 1 fully saturated rings. The summed E-state index contributed by atoms with van der Waals surface area (Å²) in [4.78, 5) is 0.